The number of halogens is 3. The second-order valence-corrected chi connectivity index (χ2v) is 3.92. The predicted molar refractivity (Wildman–Crippen MR) is 66.4 cm³/mol. The van der Waals surface area contributed by atoms with E-state index in [0.29, 0.717) is 0 Å². The van der Waals surface area contributed by atoms with Crippen LogP contribution in [0.25, 0.3) is 0 Å². The van der Waals surface area contributed by atoms with Crippen molar-refractivity contribution in [3.05, 3.63) is 28.8 Å². The molecule has 1 aromatic rings. The number of rotatable bonds is 5. The Morgan fingerprint density at radius 1 is 1.53 bits per heavy atom. The Balaban J connectivity index is 3.37. The molecule has 1 rings (SSSR count). The zero-order valence-corrected chi connectivity index (χ0v) is 11.5. The predicted octanol–water partition coefficient (Wildman–Crippen LogP) is 3.23. The highest BCUT2D eigenvalue weighted by atomic mass is 79.9. The van der Waals surface area contributed by atoms with Gasteiger partial charge in [-0.3, -0.25) is 0 Å². The second-order valence-electron chi connectivity index (χ2n) is 3.36. The van der Waals surface area contributed by atoms with E-state index in [0.717, 1.165) is 0 Å². The lowest BCUT2D eigenvalue weighted by Gasteiger charge is -2.14. The Labute approximate surface area is 117 Å². The molecule has 0 fully saturated rings. The average Bonchev–Trinajstić information content (AvgIpc) is 2.38. The summed E-state index contributed by atoms with van der Waals surface area (Å²) in [6, 6.07) is 4.39. The van der Waals surface area contributed by atoms with Crippen LogP contribution in [0.5, 0.6) is 5.75 Å². The summed E-state index contributed by atoms with van der Waals surface area (Å²) >= 11 is 3.10. The molecule has 0 radical (unpaired) electrons. The summed E-state index contributed by atoms with van der Waals surface area (Å²) in [4.78, 5) is 11.7. The van der Waals surface area contributed by atoms with E-state index >= 15 is 0 Å². The monoisotopic (exact) mass is 333 g/mol. The van der Waals surface area contributed by atoms with Gasteiger partial charge in [-0.2, -0.15) is 14.0 Å². The molecule has 0 saturated heterocycles. The standard InChI is InChI=1S/C12H10BrF2NO3/c1-2-18-11(17)9-4-7(6-16)3-8(5-13)10(9)19-12(14)15/h3-4,12H,2,5H2,1H3. The summed E-state index contributed by atoms with van der Waals surface area (Å²) in [5.41, 5.74) is 0.261. The van der Waals surface area contributed by atoms with E-state index in [2.05, 4.69) is 20.7 Å². The first-order valence-electron chi connectivity index (χ1n) is 5.28. The number of esters is 1. The molecule has 7 heteroatoms. The van der Waals surface area contributed by atoms with Crippen LogP contribution in [-0.2, 0) is 10.1 Å². The van der Waals surface area contributed by atoms with E-state index in [-0.39, 0.29) is 34.4 Å². The van der Waals surface area contributed by atoms with Crippen LogP contribution >= 0.6 is 15.9 Å². The molecule has 0 spiro atoms. The fourth-order valence-electron chi connectivity index (χ4n) is 1.44. The number of hydrogen-bond donors (Lipinski definition) is 0. The van der Waals surface area contributed by atoms with Gasteiger partial charge in [0.15, 0.2) is 0 Å². The van der Waals surface area contributed by atoms with Crippen molar-refractivity contribution in [2.24, 2.45) is 0 Å². The maximum absolute atomic E-state index is 12.4. The Hall–Kier alpha value is -1.68. The second kappa shape index (κ2) is 7.04. The van der Waals surface area contributed by atoms with Crippen molar-refractivity contribution in [3.8, 4) is 11.8 Å². The highest BCUT2D eigenvalue weighted by Gasteiger charge is 2.21. The number of nitrogens with zero attached hydrogens (tertiary/aromatic N) is 1. The molecule has 4 nitrogen and oxygen atoms in total. The highest BCUT2D eigenvalue weighted by molar-refractivity contribution is 9.08. The van der Waals surface area contributed by atoms with Crippen molar-refractivity contribution >= 4 is 21.9 Å². The first-order valence-corrected chi connectivity index (χ1v) is 6.40. The van der Waals surface area contributed by atoms with Gasteiger partial charge in [-0.1, -0.05) is 15.9 Å². The van der Waals surface area contributed by atoms with Crippen molar-refractivity contribution < 1.29 is 23.0 Å². The van der Waals surface area contributed by atoms with Gasteiger partial charge in [0.1, 0.15) is 11.3 Å². The smallest absolute Gasteiger partial charge is 0.387 e. The largest absolute Gasteiger partial charge is 0.462 e. The number of nitriles is 1. The van der Waals surface area contributed by atoms with Crippen molar-refractivity contribution in [1.82, 2.24) is 0 Å². The maximum Gasteiger partial charge on any atom is 0.387 e. The number of alkyl halides is 3. The molecule has 102 valence electrons. The van der Waals surface area contributed by atoms with Crippen LogP contribution in [0.2, 0.25) is 0 Å². The fraction of sp³-hybridized carbons (Fsp3) is 0.333. The van der Waals surface area contributed by atoms with Gasteiger partial charge < -0.3 is 9.47 Å². The molecular formula is C12H10BrF2NO3. The van der Waals surface area contributed by atoms with Crippen LogP contribution in [0, 0.1) is 11.3 Å². The van der Waals surface area contributed by atoms with Gasteiger partial charge in [0.05, 0.1) is 18.2 Å². The van der Waals surface area contributed by atoms with Crippen LogP contribution in [0.15, 0.2) is 12.1 Å². The van der Waals surface area contributed by atoms with E-state index in [1.54, 1.807) is 6.92 Å². The van der Waals surface area contributed by atoms with Crippen LogP contribution in [-0.4, -0.2) is 19.2 Å². The fourth-order valence-corrected chi connectivity index (χ4v) is 1.86. The minimum Gasteiger partial charge on any atom is -0.462 e. The van der Waals surface area contributed by atoms with E-state index in [9.17, 15) is 13.6 Å². The van der Waals surface area contributed by atoms with Gasteiger partial charge in [0, 0.05) is 10.9 Å². The molecule has 0 aliphatic carbocycles. The Kier molecular flexibility index (Phi) is 5.70. The van der Waals surface area contributed by atoms with Crippen molar-refractivity contribution in [1.29, 1.82) is 5.26 Å². The van der Waals surface area contributed by atoms with Gasteiger partial charge in [0.2, 0.25) is 0 Å². The van der Waals surface area contributed by atoms with Crippen LogP contribution < -0.4 is 4.74 Å². The summed E-state index contributed by atoms with van der Waals surface area (Å²) in [6.45, 7) is -1.39. The van der Waals surface area contributed by atoms with Gasteiger partial charge in [0.25, 0.3) is 0 Å². The molecule has 0 aliphatic heterocycles. The molecule has 0 N–H and O–H groups in total. The van der Waals surface area contributed by atoms with E-state index < -0.39 is 12.6 Å². The lowest BCUT2D eigenvalue weighted by atomic mass is 10.1. The van der Waals surface area contributed by atoms with Gasteiger partial charge >= 0.3 is 12.6 Å². The Bertz CT molecular complexity index is 514. The molecule has 0 atom stereocenters. The SMILES string of the molecule is CCOC(=O)c1cc(C#N)cc(CBr)c1OC(F)F. The minimum absolute atomic E-state index is 0.0907. The third-order valence-electron chi connectivity index (χ3n) is 2.14. The maximum atomic E-state index is 12.4. The van der Waals surface area contributed by atoms with Crippen molar-refractivity contribution in [2.75, 3.05) is 6.61 Å². The van der Waals surface area contributed by atoms with Gasteiger partial charge in [-0.15, -0.1) is 0 Å². The van der Waals surface area contributed by atoms with Gasteiger partial charge in [-0.05, 0) is 19.1 Å². The summed E-state index contributed by atoms with van der Waals surface area (Å²) in [6.07, 6.45) is 0. The lowest BCUT2D eigenvalue weighted by molar-refractivity contribution is -0.0509. The Morgan fingerprint density at radius 3 is 2.68 bits per heavy atom. The number of benzene rings is 1. The average molecular weight is 334 g/mol. The first-order chi connectivity index (χ1) is 9.03. The van der Waals surface area contributed by atoms with E-state index in [1.165, 1.54) is 12.1 Å². The number of hydrogen-bond acceptors (Lipinski definition) is 4. The molecule has 1 aromatic carbocycles. The van der Waals surface area contributed by atoms with E-state index in [4.69, 9.17) is 10.00 Å². The summed E-state index contributed by atoms with van der Waals surface area (Å²) in [7, 11) is 0. The normalized spacial score (nSPS) is 10.1. The van der Waals surface area contributed by atoms with Crippen LogP contribution in [0.4, 0.5) is 8.78 Å². The number of carbonyl (C=O) groups excluding carboxylic acids is 1. The summed E-state index contributed by atoms with van der Waals surface area (Å²) in [5.74, 6) is -1.08. The number of ether oxygens (including phenoxy) is 2. The van der Waals surface area contributed by atoms with Crippen molar-refractivity contribution in [3.63, 3.8) is 0 Å². The molecule has 0 unspecified atom stereocenters. The molecule has 0 aliphatic rings. The highest BCUT2D eigenvalue weighted by Crippen LogP contribution is 2.30. The zero-order valence-electron chi connectivity index (χ0n) is 9.95. The molecule has 0 bridgehead atoms. The van der Waals surface area contributed by atoms with Crippen LogP contribution in [0.3, 0.4) is 0 Å². The zero-order chi connectivity index (χ0) is 14.4. The lowest BCUT2D eigenvalue weighted by Crippen LogP contribution is -2.12. The van der Waals surface area contributed by atoms with Gasteiger partial charge in [-0.25, -0.2) is 4.79 Å². The Morgan fingerprint density at radius 2 is 2.21 bits per heavy atom. The van der Waals surface area contributed by atoms with Crippen LogP contribution in [0.1, 0.15) is 28.4 Å². The molecule has 0 heterocycles. The van der Waals surface area contributed by atoms with Crippen molar-refractivity contribution in [2.45, 2.75) is 18.9 Å². The quantitative estimate of drug-likeness (QED) is 0.613. The third-order valence-corrected chi connectivity index (χ3v) is 2.75. The topological polar surface area (TPSA) is 59.3 Å². The molecule has 0 saturated carbocycles. The number of carbonyl (C=O) groups is 1. The minimum atomic E-state index is -3.07. The van der Waals surface area contributed by atoms with E-state index in [1.807, 2.05) is 6.07 Å². The first kappa shape index (κ1) is 15.4. The molecule has 0 amide bonds. The summed E-state index contributed by atoms with van der Waals surface area (Å²) < 4.78 is 33.9. The third kappa shape index (κ3) is 3.89. The molecule has 0 aromatic heterocycles. The molecule has 19 heavy (non-hydrogen) atoms. The molecular weight excluding hydrogens is 324 g/mol. The summed E-state index contributed by atoms with van der Waals surface area (Å²) in [5, 5.41) is 9.02.